The van der Waals surface area contributed by atoms with Crippen molar-refractivity contribution in [2.24, 2.45) is 0 Å². The van der Waals surface area contributed by atoms with Crippen LogP contribution in [0.1, 0.15) is 24.0 Å². The van der Waals surface area contributed by atoms with E-state index in [1.807, 2.05) is 24.4 Å². The van der Waals surface area contributed by atoms with Gasteiger partial charge in [-0.05, 0) is 54.3 Å². The van der Waals surface area contributed by atoms with Gasteiger partial charge in [0.05, 0.1) is 6.54 Å². The molecule has 3 N–H and O–H groups in total. The number of aromatic amines is 1. The number of nitrogens with zero attached hydrogens (tertiary/aromatic N) is 1. The molecule has 0 radical (unpaired) electrons. The van der Waals surface area contributed by atoms with Crippen molar-refractivity contribution in [1.82, 2.24) is 20.5 Å². The lowest BCUT2D eigenvalue weighted by atomic mass is 10.1. The number of ether oxygens (including phenoxy) is 2. The summed E-state index contributed by atoms with van der Waals surface area (Å²) in [5.74, 6) is 0.715. The first-order valence-electron chi connectivity index (χ1n) is 11.0. The molecule has 1 saturated heterocycles. The Balaban J connectivity index is 1.09. The van der Waals surface area contributed by atoms with Crippen LogP contribution in [0.2, 0.25) is 5.02 Å². The van der Waals surface area contributed by atoms with Crippen LogP contribution in [-0.4, -0.2) is 47.1 Å². The van der Waals surface area contributed by atoms with Crippen LogP contribution in [0.5, 0.6) is 11.5 Å². The third-order valence-electron chi connectivity index (χ3n) is 5.99. The van der Waals surface area contributed by atoms with Crippen LogP contribution >= 0.6 is 11.6 Å². The number of carbonyl (C=O) groups excluding carboxylic acids is 3. The van der Waals surface area contributed by atoms with E-state index in [1.165, 1.54) is 0 Å². The molecule has 3 heterocycles. The Morgan fingerprint density at radius 1 is 1.15 bits per heavy atom. The van der Waals surface area contributed by atoms with Crippen molar-refractivity contribution < 1.29 is 23.9 Å². The predicted octanol–water partition coefficient (Wildman–Crippen LogP) is 3.11. The smallest absolute Gasteiger partial charge is 0.325 e. The molecule has 34 heavy (non-hydrogen) atoms. The minimum atomic E-state index is -0.719. The van der Waals surface area contributed by atoms with Gasteiger partial charge in [-0.1, -0.05) is 17.7 Å². The van der Waals surface area contributed by atoms with Crippen molar-refractivity contribution >= 4 is 40.3 Å². The molecule has 3 aromatic rings. The first kappa shape index (κ1) is 22.1. The molecular formula is C24H23ClN4O5. The first-order valence-corrected chi connectivity index (χ1v) is 11.4. The van der Waals surface area contributed by atoms with Gasteiger partial charge in [0.15, 0.2) is 11.5 Å². The third-order valence-corrected chi connectivity index (χ3v) is 6.23. The average molecular weight is 483 g/mol. The minimum absolute atomic E-state index is 0.124. The van der Waals surface area contributed by atoms with Gasteiger partial charge < -0.3 is 25.1 Å². The number of H-pyrrole nitrogens is 1. The molecule has 0 spiro atoms. The highest BCUT2D eigenvalue weighted by Crippen LogP contribution is 2.33. The maximum Gasteiger partial charge on any atom is 0.325 e. The van der Waals surface area contributed by atoms with E-state index in [1.54, 1.807) is 18.2 Å². The number of amides is 4. The monoisotopic (exact) mass is 482 g/mol. The lowest BCUT2D eigenvalue weighted by molar-refractivity contribution is -0.128. The second-order valence-corrected chi connectivity index (χ2v) is 8.69. The van der Waals surface area contributed by atoms with Gasteiger partial charge in [-0.15, -0.1) is 0 Å². The molecule has 1 aromatic heterocycles. The zero-order valence-electron chi connectivity index (χ0n) is 18.2. The lowest BCUT2D eigenvalue weighted by Crippen LogP contribution is -2.33. The highest BCUT2D eigenvalue weighted by molar-refractivity contribution is 6.31. The van der Waals surface area contributed by atoms with Crippen LogP contribution in [0, 0.1) is 0 Å². The molecule has 0 unspecified atom stereocenters. The molecule has 2 aliphatic rings. The second kappa shape index (κ2) is 9.26. The maximum atomic E-state index is 12.7. The number of urea groups is 1. The molecule has 10 heteroatoms. The van der Waals surface area contributed by atoms with Crippen LogP contribution in [0.25, 0.3) is 10.9 Å². The van der Waals surface area contributed by atoms with Crippen molar-refractivity contribution in [2.75, 3.05) is 13.3 Å². The van der Waals surface area contributed by atoms with Gasteiger partial charge in [-0.3, -0.25) is 14.5 Å². The zero-order chi connectivity index (χ0) is 23.7. The van der Waals surface area contributed by atoms with E-state index in [2.05, 4.69) is 15.6 Å². The summed E-state index contributed by atoms with van der Waals surface area (Å²) in [6, 6.07) is 9.75. The molecule has 2 aliphatic heterocycles. The molecule has 0 bridgehead atoms. The van der Waals surface area contributed by atoms with E-state index in [0.29, 0.717) is 29.5 Å². The van der Waals surface area contributed by atoms with E-state index < -0.39 is 12.1 Å². The van der Waals surface area contributed by atoms with Crippen molar-refractivity contribution in [2.45, 2.75) is 31.8 Å². The topological polar surface area (TPSA) is 113 Å². The Morgan fingerprint density at radius 2 is 2.00 bits per heavy atom. The highest BCUT2D eigenvalue weighted by atomic mass is 35.5. The molecule has 1 fully saturated rings. The van der Waals surface area contributed by atoms with E-state index >= 15 is 0 Å². The fourth-order valence-electron chi connectivity index (χ4n) is 4.20. The molecular weight excluding hydrogens is 460 g/mol. The number of nitrogens with one attached hydrogen (secondary N) is 3. The number of aromatic nitrogens is 1. The number of hydrogen-bond acceptors (Lipinski definition) is 5. The third kappa shape index (κ3) is 4.51. The Kier molecular flexibility index (Phi) is 6.02. The second-order valence-electron chi connectivity index (χ2n) is 8.26. The van der Waals surface area contributed by atoms with Crippen LogP contribution in [0.15, 0.2) is 42.6 Å². The van der Waals surface area contributed by atoms with Crippen LogP contribution < -0.4 is 20.1 Å². The average Bonchev–Trinajstić information content (AvgIpc) is 3.52. The minimum Gasteiger partial charge on any atom is -0.454 e. The number of benzene rings is 2. The van der Waals surface area contributed by atoms with Crippen molar-refractivity contribution in [3.05, 3.63) is 58.7 Å². The molecule has 4 amide bonds. The Morgan fingerprint density at radius 3 is 2.88 bits per heavy atom. The van der Waals surface area contributed by atoms with E-state index in [-0.39, 0.29) is 38.0 Å². The summed E-state index contributed by atoms with van der Waals surface area (Å²) in [5.41, 5.74) is 2.81. The van der Waals surface area contributed by atoms with E-state index in [0.717, 1.165) is 26.9 Å². The number of carbonyl (C=O) groups is 3. The molecule has 176 valence electrons. The molecule has 0 aliphatic carbocycles. The number of hydrogen-bond donors (Lipinski definition) is 3. The predicted molar refractivity (Wildman–Crippen MR) is 125 cm³/mol. The number of halogens is 1. The molecule has 9 nitrogen and oxygen atoms in total. The largest absolute Gasteiger partial charge is 0.454 e. The number of imide groups is 1. The fourth-order valence-corrected chi connectivity index (χ4v) is 4.37. The highest BCUT2D eigenvalue weighted by Gasteiger charge is 2.38. The van der Waals surface area contributed by atoms with Crippen LogP contribution in [0.3, 0.4) is 0 Å². The van der Waals surface area contributed by atoms with E-state index in [4.69, 9.17) is 21.1 Å². The van der Waals surface area contributed by atoms with Gasteiger partial charge in [-0.25, -0.2) is 4.79 Å². The lowest BCUT2D eigenvalue weighted by Gasteiger charge is -2.13. The molecule has 5 rings (SSSR count). The zero-order valence-corrected chi connectivity index (χ0v) is 19.0. The summed E-state index contributed by atoms with van der Waals surface area (Å²) in [5, 5.41) is 7.24. The number of fused-ring (bicyclic) bond motifs is 2. The fraction of sp³-hybridized carbons (Fsp3) is 0.292. The Hall–Kier alpha value is -3.72. The van der Waals surface area contributed by atoms with Gasteiger partial charge in [-0.2, -0.15) is 0 Å². The van der Waals surface area contributed by atoms with Gasteiger partial charge in [0, 0.05) is 35.1 Å². The summed E-state index contributed by atoms with van der Waals surface area (Å²) < 4.78 is 10.6. The van der Waals surface area contributed by atoms with E-state index in [9.17, 15) is 14.4 Å². The summed E-state index contributed by atoms with van der Waals surface area (Å²) in [7, 11) is 0. The van der Waals surface area contributed by atoms with Crippen LogP contribution in [0.4, 0.5) is 4.79 Å². The Bertz CT molecular complexity index is 1270. The standard InChI is InChI=1S/C24H23ClN4O5/c25-16-2-3-18-17(10-16)15(11-27-18)7-8-26-22(30)6-4-19-23(31)29(24(32)28-19)12-14-1-5-20-21(9-14)34-13-33-20/h1-3,5,9-11,19,27H,4,6-8,12-13H2,(H,26,30)(H,28,32)/t19-/m0/s1. The van der Waals surface area contributed by atoms with Crippen LogP contribution in [-0.2, 0) is 22.6 Å². The molecule has 0 saturated carbocycles. The summed E-state index contributed by atoms with van der Waals surface area (Å²) >= 11 is 6.08. The maximum absolute atomic E-state index is 12.7. The summed E-state index contributed by atoms with van der Waals surface area (Å²) in [6.45, 7) is 0.736. The van der Waals surface area contributed by atoms with Crippen molar-refractivity contribution in [1.29, 1.82) is 0 Å². The first-order chi connectivity index (χ1) is 16.5. The van der Waals surface area contributed by atoms with Crippen molar-refractivity contribution in [3.63, 3.8) is 0 Å². The van der Waals surface area contributed by atoms with Gasteiger partial charge in [0.2, 0.25) is 12.7 Å². The normalized spacial score (nSPS) is 16.9. The van der Waals surface area contributed by atoms with Gasteiger partial charge >= 0.3 is 6.03 Å². The number of rotatable bonds is 8. The Labute approximate surface area is 200 Å². The summed E-state index contributed by atoms with van der Waals surface area (Å²) in [4.78, 5) is 41.7. The SMILES string of the molecule is O=C(CC[C@@H]1NC(=O)N(Cc2ccc3c(c2)OCO3)C1=O)NCCc1c[nH]c2ccc(Cl)cc12. The van der Waals surface area contributed by atoms with Gasteiger partial charge in [0.25, 0.3) is 5.91 Å². The quantitative estimate of drug-likeness (QED) is 0.427. The van der Waals surface area contributed by atoms with Gasteiger partial charge in [0.1, 0.15) is 6.04 Å². The summed E-state index contributed by atoms with van der Waals surface area (Å²) in [6.07, 6.45) is 2.92. The van der Waals surface area contributed by atoms with Crippen molar-refractivity contribution in [3.8, 4) is 11.5 Å². The molecule has 2 aromatic carbocycles. The molecule has 1 atom stereocenters.